The van der Waals surface area contributed by atoms with Crippen molar-refractivity contribution >= 4 is 17.7 Å². The Balaban J connectivity index is 1.90. The van der Waals surface area contributed by atoms with Crippen LogP contribution in [-0.2, 0) is 17.6 Å². The third-order valence-electron chi connectivity index (χ3n) is 3.88. The Bertz CT molecular complexity index is 756. The molecule has 0 saturated carbocycles. The maximum absolute atomic E-state index is 12.2. The fourth-order valence-corrected chi connectivity index (χ4v) is 3.18. The van der Waals surface area contributed by atoms with Crippen molar-refractivity contribution in [2.24, 2.45) is 0 Å². The van der Waals surface area contributed by atoms with Gasteiger partial charge in [-0.15, -0.1) is 0 Å². The summed E-state index contributed by atoms with van der Waals surface area (Å²) in [6.45, 7) is 6.12. The average Bonchev–Trinajstić information content (AvgIpc) is 2.60. The highest BCUT2D eigenvalue weighted by molar-refractivity contribution is 7.99. The van der Waals surface area contributed by atoms with E-state index < -0.39 is 0 Å². The standard InChI is InChI=1S/C19H25N3O2S/c1-4-6-16-11-17(23)22-19(21-16)25-12-18(24)20-13(3)15-9-7-14(5-2)8-10-15/h7-11,13H,4-6,12H2,1-3H3,(H,20,24)(H,21,22,23)/t13-/m1/s1. The summed E-state index contributed by atoms with van der Waals surface area (Å²) < 4.78 is 0. The number of H-pyrrole nitrogens is 1. The van der Waals surface area contributed by atoms with E-state index in [0.717, 1.165) is 30.5 Å². The molecular formula is C19H25N3O2S. The minimum Gasteiger partial charge on any atom is -0.349 e. The van der Waals surface area contributed by atoms with Gasteiger partial charge in [-0.1, -0.05) is 56.3 Å². The minimum absolute atomic E-state index is 0.0579. The number of aryl methyl sites for hydroxylation is 2. The predicted octanol–water partition coefficient (Wildman–Crippen LogP) is 3.25. The normalized spacial score (nSPS) is 12.0. The zero-order chi connectivity index (χ0) is 18.2. The molecule has 5 nitrogen and oxygen atoms in total. The Labute approximate surface area is 152 Å². The molecule has 1 atom stereocenters. The largest absolute Gasteiger partial charge is 0.349 e. The minimum atomic E-state index is -0.175. The molecule has 0 radical (unpaired) electrons. The third kappa shape index (κ3) is 6.05. The molecule has 2 aromatic rings. The summed E-state index contributed by atoms with van der Waals surface area (Å²) in [5, 5.41) is 3.47. The van der Waals surface area contributed by atoms with Crippen LogP contribution in [0, 0.1) is 0 Å². The summed E-state index contributed by atoms with van der Waals surface area (Å²) in [6.07, 6.45) is 2.68. The molecule has 0 fully saturated rings. The number of hydrogen-bond acceptors (Lipinski definition) is 4. The lowest BCUT2D eigenvalue weighted by Gasteiger charge is -2.14. The lowest BCUT2D eigenvalue weighted by Crippen LogP contribution is -2.28. The second-order valence-electron chi connectivity index (χ2n) is 5.96. The van der Waals surface area contributed by atoms with Crippen LogP contribution in [0.15, 0.2) is 40.3 Å². The van der Waals surface area contributed by atoms with Gasteiger partial charge in [0.2, 0.25) is 5.91 Å². The number of benzene rings is 1. The highest BCUT2D eigenvalue weighted by Gasteiger charge is 2.11. The van der Waals surface area contributed by atoms with E-state index in [0.29, 0.717) is 5.16 Å². The number of hydrogen-bond donors (Lipinski definition) is 2. The van der Waals surface area contributed by atoms with Crippen molar-refractivity contribution in [3.8, 4) is 0 Å². The van der Waals surface area contributed by atoms with Crippen LogP contribution in [0.3, 0.4) is 0 Å². The zero-order valence-electron chi connectivity index (χ0n) is 15.0. The first-order valence-corrected chi connectivity index (χ1v) is 9.61. The molecule has 2 N–H and O–H groups in total. The number of thioether (sulfide) groups is 1. The molecule has 1 aromatic carbocycles. The van der Waals surface area contributed by atoms with Gasteiger partial charge in [0.1, 0.15) is 0 Å². The van der Waals surface area contributed by atoms with Crippen molar-refractivity contribution in [2.45, 2.75) is 51.2 Å². The van der Waals surface area contributed by atoms with Crippen LogP contribution in [0.2, 0.25) is 0 Å². The van der Waals surface area contributed by atoms with Crippen molar-refractivity contribution in [1.29, 1.82) is 0 Å². The van der Waals surface area contributed by atoms with Crippen molar-refractivity contribution in [1.82, 2.24) is 15.3 Å². The Morgan fingerprint density at radius 3 is 2.64 bits per heavy atom. The highest BCUT2D eigenvalue weighted by atomic mass is 32.2. The van der Waals surface area contributed by atoms with E-state index in [1.807, 2.05) is 26.0 Å². The van der Waals surface area contributed by atoms with Gasteiger partial charge in [0.25, 0.3) is 5.56 Å². The SMILES string of the molecule is CCCc1cc(=O)[nH]c(SCC(=O)N[C@H](C)c2ccc(CC)cc2)n1. The quantitative estimate of drug-likeness (QED) is 0.560. The Hall–Kier alpha value is -2.08. The van der Waals surface area contributed by atoms with Gasteiger partial charge in [0.15, 0.2) is 5.16 Å². The van der Waals surface area contributed by atoms with Crippen molar-refractivity contribution in [3.63, 3.8) is 0 Å². The molecule has 0 aliphatic rings. The monoisotopic (exact) mass is 359 g/mol. The first kappa shape index (κ1) is 19.2. The summed E-state index contributed by atoms with van der Waals surface area (Å²) in [6, 6.07) is 9.71. The molecule has 0 unspecified atom stereocenters. The van der Waals surface area contributed by atoms with Crippen molar-refractivity contribution in [2.75, 3.05) is 5.75 Å². The van der Waals surface area contributed by atoms with E-state index in [1.165, 1.54) is 23.4 Å². The summed E-state index contributed by atoms with van der Waals surface area (Å²) in [4.78, 5) is 30.9. The Morgan fingerprint density at radius 2 is 2.00 bits per heavy atom. The molecular weight excluding hydrogens is 334 g/mol. The molecule has 2 rings (SSSR count). The van der Waals surface area contributed by atoms with E-state index in [4.69, 9.17) is 0 Å². The first-order valence-electron chi connectivity index (χ1n) is 8.63. The molecule has 25 heavy (non-hydrogen) atoms. The van der Waals surface area contributed by atoms with Gasteiger partial charge in [-0.25, -0.2) is 4.98 Å². The van der Waals surface area contributed by atoms with Crippen molar-refractivity contribution in [3.05, 3.63) is 57.5 Å². The van der Waals surface area contributed by atoms with Gasteiger partial charge >= 0.3 is 0 Å². The van der Waals surface area contributed by atoms with Gasteiger partial charge < -0.3 is 10.3 Å². The number of amides is 1. The maximum atomic E-state index is 12.2. The molecule has 6 heteroatoms. The Kier molecular flexibility index (Phi) is 7.25. The summed E-state index contributed by atoms with van der Waals surface area (Å²) in [7, 11) is 0. The van der Waals surface area contributed by atoms with Crippen LogP contribution in [0.1, 0.15) is 50.1 Å². The van der Waals surface area contributed by atoms with Crippen LogP contribution in [0.25, 0.3) is 0 Å². The van der Waals surface area contributed by atoms with Gasteiger partial charge in [0, 0.05) is 11.8 Å². The average molecular weight is 359 g/mol. The van der Waals surface area contributed by atoms with E-state index in [1.54, 1.807) is 0 Å². The lowest BCUT2D eigenvalue weighted by molar-refractivity contribution is -0.119. The number of nitrogens with zero attached hydrogens (tertiary/aromatic N) is 1. The number of nitrogens with one attached hydrogen (secondary N) is 2. The van der Waals surface area contributed by atoms with Gasteiger partial charge in [-0.3, -0.25) is 9.59 Å². The van der Waals surface area contributed by atoms with E-state index >= 15 is 0 Å². The second kappa shape index (κ2) is 9.42. The van der Waals surface area contributed by atoms with Crippen LogP contribution in [-0.4, -0.2) is 21.6 Å². The lowest BCUT2D eigenvalue weighted by atomic mass is 10.1. The van der Waals surface area contributed by atoms with Crippen LogP contribution >= 0.6 is 11.8 Å². The second-order valence-corrected chi connectivity index (χ2v) is 6.93. The zero-order valence-corrected chi connectivity index (χ0v) is 15.8. The number of carbonyl (C=O) groups is 1. The highest BCUT2D eigenvalue weighted by Crippen LogP contribution is 2.15. The molecule has 1 amide bonds. The summed E-state index contributed by atoms with van der Waals surface area (Å²) in [5.41, 5.74) is 2.94. The van der Waals surface area contributed by atoms with Gasteiger partial charge in [-0.05, 0) is 30.9 Å². The number of carbonyl (C=O) groups excluding carboxylic acids is 1. The predicted molar refractivity (Wildman–Crippen MR) is 102 cm³/mol. The molecule has 0 bridgehead atoms. The van der Waals surface area contributed by atoms with E-state index in [-0.39, 0.29) is 23.3 Å². The Morgan fingerprint density at radius 1 is 1.28 bits per heavy atom. The van der Waals surface area contributed by atoms with Gasteiger partial charge in [0.05, 0.1) is 11.8 Å². The summed E-state index contributed by atoms with van der Waals surface area (Å²) in [5.74, 6) is 0.135. The maximum Gasteiger partial charge on any atom is 0.251 e. The van der Waals surface area contributed by atoms with Crippen molar-refractivity contribution < 1.29 is 4.79 Å². The molecule has 0 spiro atoms. The molecule has 134 valence electrons. The van der Waals surface area contributed by atoms with E-state index in [9.17, 15) is 9.59 Å². The summed E-state index contributed by atoms with van der Waals surface area (Å²) >= 11 is 1.25. The molecule has 0 aliphatic carbocycles. The molecule has 0 aliphatic heterocycles. The van der Waals surface area contributed by atoms with Crippen LogP contribution in [0.4, 0.5) is 0 Å². The van der Waals surface area contributed by atoms with Crippen LogP contribution < -0.4 is 10.9 Å². The first-order chi connectivity index (χ1) is 12.0. The van der Waals surface area contributed by atoms with E-state index in [2.05, 4.69) is 34.3 Å². The number of rotatable bonds is 8. The topological polar surface area (TPSA) is 74.8 Å². The number of aromatic nitrogens is 2. The van der Waals surface area contributed by atoms with Crippen LogP contribution in [0.5, 0.6) is 0 Å². The third-order valence-corrected chi connectivity index (χ3v) is 4.76. The fraction of sp³-hybridized carbons (Fsp3) is 0.421. The molecule has 1 aromatic heterocycles. The number of aromatic amines is 1. The molecule has 1 heterocycles. The fourth-order valence-electron chi connectivity index (χ4n) is 2.48. The smallest absolute Gasteiger partial charge is 0.251 e. The van der Waals surface area contributed by atoms with Gasteiger partial charge in [-0.2, -0.15) is 0 Å². The molecule has 0 saturated heterocycles.